The lowest BCUT2D eigenvalue weighted by molar-refractivity contribution is -0.140. The highest BCUT2D eigenvalue weighted by Gasteiger charge is 2.28. The van der Waals surface area contributed by atoms with Crippen LogP contribution in [0.4, 0.5) is 0 Å². The van der Waals surface area contributed by atoms with E-state index >= 15 is 0 Å². The van der Waals surface area contributed by atoms with Crippen LogP contribution in [0.3, 0.4) is 0 Å². The quantitative estimate of drug-likeness (QED) is 0.653. The first-order chi connectivity index (χ1) is 8.19. The molecule has 108 valence electrons. The molecule has 0 spiro atoms. The van der Waals surface area contributed by atoms with Crippen LogP contribution in [0.15, 0.2) is 0 Å². The second-order valence-corrected chi connectivity index (χ2v) is 6.43. The van der Waals surface area contributed by atoms with Gasteiger partial charge in [-0.15, -0.1) is 0 Å². The average molecular weight is 281 g/mol. The molecule has 18 heavy (non-hydrogen) atoms. The van der Waals surface area contributed by atoms with E-state index < -0.39 is 22.0 Å². The first kappa shape index (κ1) is 17.3. The second kappa shape index (κ2) is 7.70. The fourth-order valence-corrected chi connectivity index (χ4v) is 2.45. The third-order valence-corrected chi connectivity index (χ3v) is 3.91. The summed E-state index contributed by atoms with van der Waals surface area (Å²) in [4.78, 5) is 11.0. The molecule has 0 radical (unpaired) electrons. The van der Waals surface area contributed by atoms with Crippen molar-refractivity contribution in [3.63, 3.8) is 0 Å². The normalized spacial score (nSPS) is 15.6. The number of hydrogen-bond donors (Lipinski definition) is 2. The van der Waals surface area contributed by atoms with Gasteiger partial charge in [0.2, 0.25) is 10.0 Å². The minimum absolute atomic E-state index is 0.0509. The van der Waals surface area contributed by atoms with Crippen molar-refractivity contribution < 1.29 is 23.1 Å². The summed E-state index contributed by atoms with van der Waals surface area (Å²) in [5, 5.41) is 8.99. The van der Waals surface area contributed by atoms with Crippen LogP contribution in [-0.2, 0) is 19.6 Å². The molecule has 0 bridgehead atoms. The minimum atomic E-state index is -3.63. The van der Waals surface area contributed by atoms with Crippen molar-refractivity contribution in [3.05, 3.63) is 0 Å². The zero-order valence-corrected chi connectivity index (χ0v) is 12.2. The molecule has 0 amide bonds. The Morgan fingerprint density at radius 1 is 1.33 bits per heavy atom. The Bertz CT molecular complexity index is 352. The van der Waals surface area contributed by atoms with E-state index in [1.54, 1.807) is 20.8 Å². The third-order valence-electron chi connectivity index (χ3n) is 2.59. The van der Waals surface area contributed by atoms with Crippen molar-refractivity contribution in [2.75, 3.05) is 12.4 Å². The van der Waals surface area contributed by atoms with E-state index in [2.05, 4.69) is 4.72 Å². The van der Waals surface area contributed by atoms with E-state index in [1.807, 2.05) is 6.92 Å². The molecular formula is C11H23NO5S. The number of aliphatic carboxylic acids is 1. The summed E-state index contributed by atoms with van der Waals surface area (Å²) >= 11 is 0. The predicted molar refractivity (Wildman–Crippen MR) is 68.9 cm³/mol. The van der Waals surface area contributed by atoms with Gasteiger partial charge in [0.05, 0.1) is 18.5 Å². The van der Waals surface area contributed by atoms with E-state index in [4.69, 9.17) is 9.84 Å². The fourth-order valence-electron chi connectivity index (χ4n) is 1.29. The van der Waals surface area contributed by atoms with Crippen molar-refractivity contribution >= 4 is 16.0 Å². The van der Waals surface area contributed by atoms with Crippen LogP contribution < -0.4 is 4.72 Å². The van der Waals surface area contributed by atoms with E-state index in [-0.39, 0.29) is 24.4 Å². The van der Waals surface area contributed by atoms with E-state index in [0.717, 1.165) is 0 Å². The van der Waals surface area contributed by atoms with Crippen LogP contribution in [0.5, 0.6) is 0 Å². The van der Waals surface area contributed by atoms with Crippen molar-refractivity contribution in [2.45, 2.75) is 46.3 Å². The maximum Gasteiger partial charge on any atom is 0.322 e. The lowest BCUT2D eigenvalue weighted by Gasteiger charge is -2.20. The molecule has 0 saturated carbocycles. The molecule has 0 aliphatic rings. The van der Waals surface area contributed by atoms with Crippen LogP contribution in [-0.4, -0.2) is 44.0 Å². The highest BCUT2D eigenvalue weighted by Crippen LogP contribution is 2.09. The zero-order valence-electron chi connectivity index (χ0n) is 11.3. The fraction of sp³-hybridized carbons (Fsp3) is 0.909. The number of hydrogen-bond acceptors (Lipinski definition) is 4. The second-order valence-electron chi connectivity index (χ2n) is 4.56. The molecule has 2 unspecified atom stereocenters. The summed E-state index contributed by atoms with van der Waals surface area (Å²) in [7, 11) is -3.63. The Balaban J connectivity index is 4.47. The monoisotopic (exact) mass is 281 g/mol. The molecule has 6 nitrogen and oxygen atoms in total. The number of carboxylic acid groups (broad SMARTS) is 1. The smallest absolute Gasteiger partial charge is 0.322 e. The van der Waals surface area contributed by atoms with Gasteiger partial charge in [0, 0.05) is 0 Å². The SMILES string of the molecule is CCC(C)C(NS(=O)(=O)CCOC(C)C)C(=O)O. The lowest BCUT2D eigenvalue weighted by atomic mass is 10.0. The number of carbonyl (C=O) groups is 1. The number of rotatable bonds is 9. The highest BCUT2D eigenvalue weighted by molar-refractivity contribution is 7.89. The standard InChI is InChI=1S/C11H23NO5S/c1-5-9(4)10(11(13)14)12-18(15,16)7-6-17-8(2)3/h8-10,12H,5-7H2,1-4H3,(H,13,14). The summed E-state index contributed by atoms with van der Waals surface area (Å²) in [6.07, 6.45) is 0.534. The van der Waals surface area contributed by atoms with Crippen LogP contribution in [0, 0.1) is 5.92 Å². The van der Waals surface area contributed by atoms with Crippen molar-refractivity contribution in [1.29, 1.82) is 0 Å². The van der Waals surface area contributed by atoms with Gasteiger partial charge in [0.1, 0.15) is 6.04 Å². The Morgan fingerprint density at radius 3 is 2.28 bits per heavy atom. The summed E-state index contributed by atoms with van der Waals surface area (Å²) < 4.78 is 30.7. The summed E-state index contributed by atoms with van der Waals surface area (Å²) in [6.45, 7) is 7.18. The van der Waals surface area contributed by atoms with Crippen LogP contribution in [0.1, 0.15) is 34.1 Å². The van der Waals surface area contributed by atoms with E-state index in [1.165, 1.54) is 0 Å². The van der Waals surface area contributed by atoms with Crippen molar-refractivity contribution in [1.82, 2.24) is 4.72 Å². The van der Waals surface area contributed by atoms with Gasteiger partial charge in [-0.3, -0.25) is 4.79 Å². The molecule has 0 aliphatic heterocycles. The van der Waals surface area contributed by atoms with Gasteiger partial charge in [0.15, 0.2) is 0 Å². The number of carboxylic acids is 1. The molecular weight excluding hydrogens is 258 g/mol. The molecule has 0 aliphatic carbocycles. The number of ether oxygens (including phenoxy) is 1. The Morgan fingerprint density at radius 2 is 1.89 bits per heavy atom. The molecule has 0 aromatic heterocycles. The van der Waals surface area contributed by atoms with Gasteiger partial charge < -0.3 is 9.84 Å². The highest BCUT2D eigenvalue weighted by atomic mass is 32.2. The van der Waals surface area contributed by atoms with Crippen molar-refractivity contribution in [2.24, 2.45) is 5.92 Å². The van der Waals surface area contributed by atoms with Gasteiger partial charge in [-0.05, 0) is 19.8 Å². The summed E-state index contributed by atoms with van der Waals surface area (Å²) in [6, 6.07) is -1.08. The van der Waals surface area contributed by atoms with Crippen LogP contribution in [0.2, 0.25) is 0 Å². The molecule has 7 heteroatoms. The summed E-state index contributed by atoms with van der Waals surface area (Å²) in [5.74, 6) is -1.65. The number of nitrogens with one attached hydrogen (secondary N) is 1. The molecule has 0 aromatic carbocycles. The van der Waals surface area contributed by atoms with Gasteiger partial charge >= 0.3 is 5.97 Å². The maximum atomic E-state index is 11.7. The predicted octanol–water partition coefficient (Wildman–Crippen LogP) is 0.830. The van der Waals surface area contributed by atoms with Crippen LogP contribution in [0.25, 0.3) is 0 Å². The minimum Gasteiger partial charge on any atom is -0.480 e. The van der Waals surface area contributed by atoms with E-state index in [9.17, 15) is 13.2 Å². The van der Waals surface area contributed by atoms with Gasteiger partial charge in [-0.2, -0.15) is 0 Å². The Kier molecular flexibility index (Phi) is 7.42. The number of sulfonamides is 1. The molecule has 0 saturated heterocycles. The third kappa shape index (κ3) is 6.93. The van der Waals surface area contributed by atoms with Gasteiger partial charge in [-0.1, -0.05) is 20.3 Å². The van der Waals surface area contributed by atoms with E-state index in [0.29, 0.717) is 6.42 Å². The van der Waals surface area contributed by atoms with Gasteiger partial charge in [0.25, 0.3) is 0 Å². The molecule has 0 heterocycles. The van der Waals surface area contributed by atoms with Gasteiger partial charge in [-0.25, -0.2) is 13.1 Å². The Labute approximate surface area is 109 Å². The molecule has 2 N–H and O–H groups in total. The topological polar surface area (TPSA) is 92.7 Å². The molecule has 2 atom stereocenters. The zero-order chi connectivity index (χ0) is 14.3. The maximum absolute atomic E-state index is 11.7. The van der Waals surface area contributed by atoms with Crippen molar-refractivity contribution in [3.8, 4) is 0 Å². The molecule has 0 rings (SSSR count). The first-order valence-electron chi connectivity index (χ1n) is 6.04. The molecule has 0 aromatic rings. The summed E-state index contributed by atoms with van der Waals surface area (Å²) in [5.41, 5.74) is 0. The lowest BCUT2D eigenvalue weighted by Crippen LogP contribution is -2.46. The average Bonchev–Trinajstić information content (AvgIpc) is 2.23. The largest absolute Gasteiger partial charge is 0.480 e. The Hall–Kier alpha value is -0.660. The first-order valence-corrected chi connectivity index (χ1v) is 7.69. The molecule has 0 fully saturated rings. The van der Waals surface area contributed by atoms with Crippen LogP contribution >= 0.6 is 0 Å².